The van der Waals surface area contributed by atoms with E-state index in [1.807, 2.05) is 23.7 Å². The molecule has 0 aromatic carbocycles. The van der Waals surface area contributed by atoms with Gasteiger partial charge in [0.15, 0.2) is 5.78 Å². The third kappa shape index (κ3) is 2.91. The Kier molecular flexibility index (Phi) is 3.61. The van der Waals surface area contributed by atoms with E-state index in [2.05, 4.69) is 20.1 Å². The molecule has 0 spiro atoms. The van der Waals surface area contributed by atoms with E-state index in [1.165, 1.54) is 0 Å². The zero-order valence-corrected chi connectivity index (χ0v) is 13.9. The van der Waals surface area contributed by atoms with Crippen LogP contribution in [-0.4, -0.2) is 35.1 Å². The van der Waals surface area contributed by atoms with E-state index < -0.39 is 0 Å². The number of Topliss-reactive ketones (excluding diaryl/α,β-unsaturated/α-hetero) is 1. The van der Waals surface area contributed by atoms with Crippen molar-refractivity contribution >= 4 is 16.7 Å². The van der Waals surface area contributed by atoms with Crippen molar-refractivity contribution < 1.29 is 4.79 Å². The lowest BCUT2D eigenvalue weighted by atomic mass is 10.1. The number of aromatic nitrogens is 6. The number of hydrogen-bond acceptors (Lipinski definition) is 5. The van der Waals surface area contributed by atoms with E-state index >= 15 is 0 Å². The molecule has 0 N–H and O–H groups in total. The molecule has 0 saturated carbocycles. The summed E-state index contributed by atoms with van der Waals surface area (Å²) in [5.74, 6) is -0.0526. The van der Waals surface area contributed by atoms with Gasteiger partial charge in [0.2, 0.25) is 0 Å². The van der Waals surface area contributed by atoms with E-state index in [4.69, 9.17) is 0 Å². The average molecular weight is 332 g/mol. The maximum atomic E-state index is 12.3. The maximum absolute atomic E-state index is 12.3. The van der Waals surface area contributed by atoms with Crippen LogP contribution in [0.2, 0.25) is 0 Å². The molecule has 0 bridgehead atoms. The Labute approximate surface area is 144 Å². The van der Waals surface area contributed by atoms with Gasteiger partial charge >= 0.3 is 0 Å². The number of hydrogen-bond donors (Lipinski definition) is 0. The van der Waals surface area contributed by atoms with Crippen LogP contribution in [0.1, 0.15) is 16.2 Å². The average Bonchev–Trinajstić information content (AvgIpc) is 3.22. The van der Waals surface area contributed by atoms with E-state index in [-0.39, 0.29) is 12.2 Å². The number of rotatable bonds is 4. The molecule has 0 saturated heterocycles. The maximum Gasteiger partial charge on any atom is 0.188 e. The quantitative estimate of drug-likeness (QED) is 0.535. The lowest BCUT2D eigenvalue weighted by Crippen LogP contribution is -2.06. The molecule has 0 radical (unpaired) electrons. The summed E-state index contributed by atoms with van der Waals surface area (Å²) < 4.78 is 3.56. The molecule has 0 aliphatic rings. The molecule has 25 heavy (non-hydrogen) atoms. The van der Waals surface area contributed by atoms with Gasteiger partial charge in [-0.05, 0) is 18.2 Å². The molecule has 4 rings (SSSR count). The summed E-state index contributed by atoms with van der Waals surface area (Å²) in [6.45, 7) is 0. The second-order valence-electron chi connectivity index (χ2n) is 5.96. The van der Waals surface area contributed by atoms with Gasteiger partial charge < -0.3 is 4.57 Å². The molecule has 7 nitrogen and oxygen atoms in total. The minimum absolute atomic E-state index is 0.0526. The summed E-state index contributed by atoms with van der Waals surface area (Å²) in [5, 5.41) is 5.09. The Morgan fingerprint density at radius 1 is 1.12 bits per heavy atom. The normalized spacial score (nSPS) is 11.1. The molecule has 0 fully saturated rings. The van der Waals surface area contributed by atoms with E-state index in [9.17, 15) is 4.79 Å². The molecule has 124 valence electrons. The Morgan fingerprint density at radius 3 is 2.72 bits per heavy atom. The summed E-state index contributed by atoms with van der Waals surface area (Å²) >= 11 is 0. The second kappa shape index (κ2) is 5.94. The lowest BCUT2D eigenvalue weighted by Gasteiger charge is -2.05. The highest BCUT2D eigenvalue weighted by atomic mass is 16.1. The van der Waals surface area contributed by atoms with Crippen molar-refractivity contribution in [2.75, 3.05) is 0 Å². The highest BCUT2D eigenvalue weighted by Crippen LogP contribution is 2.22. The number of imidazole rings is 1. The number of carbonyl (C=O) groups is 1. The first-order chi connectivity index (χ1) is 12.1. The van der Waals surface area contributed by atoms with Crippen molar-refractivity contribution in [1.82, 2.24) is 29.3 Å². The Bertz CT molecular complexity index is 1080. The van der Waals surface area contributed by atoms with Crippen molar-refractivity contribution in [3.63, 3.8) is 0 Å². The summed E-state index contributed by atoms with van der Waals surface area (Å²) in [6.07, 6.45) is 9.02. The summed E-state index contributed by atoms with van der Waals surface area (Å²) in [6, 6.07) is 5.66. The second-order valence-corrected chi connectivity index (χ2v) is 5.96. The van der Waals surface area contributed by atoms with Gasteiger partial charge in [0, 0.05) is 43.1 Å². The first-order valence-electron chi connectivity index (χ1n) is 7.84. The van der Waals surface area contributed by atoms with Crippen molar-refractivity contribution in [1.29, 1.82) is 0 Å². The smallest absolute Gasteiger partial charge is 0.188 e. The predicted molar refractivity (Wildman–Crippen MR) is 93.0 cm³/mol. The molecule has 4 aromatic rings. The van der Waals surface area contributed by atoms with Gasteiger partial charge in [-0.25, -0.2) is 4.98 Å². The molecule has 0 aliphatic heterocycles. The molecule has 0 unspecified atom stereocenters. The van der Waals surface area contributed by atoms with Gasteiger partial charge in [0.05, 0.1) is 36.4 Å². The number of aryl methyl sites for hydroxylation is 2. The molecule has 0 atom stereocenters. The first kappa shape index (κ1) is 15.2. The lowest BCUT2D eigenvalue weighted by molar-refractivity contribution is 0.0986. The first-order valence-corrected chi connectivity index (χ1v) is 7.84. The molecule has 4 aromatic heterocycles. The fraction of sp³-hybridized carbons (Fsp3) is 0.167. The SMILES string of the molecule is Cn1ccc(C(=O)Cc2cc3cc(-c4cncn4C)cnc3cn2)n1. The van der Waals surface area contributed by atoms with Crippen LogP contribution in [0, 0.1) is 0 Å². The number of fused-ring (bicyclic) bond motifs is 1. The van der Waals surface area contributed by atoms with Crippen LogP contribution in [0.25, 0.3) is 22.2 Å². The van der Waals surface area contributed by atoms with Crippen LogP contribution >= 0.6 is 0 Å². The van der Waals surface area contributed by atoms with E-state index in [0.29, 0.717) is 11.4 Å². The van der Waals surface area contributed by atoms with Gasteiger partial charge in [-0.15, -0.1) is 0 Å². The van der Waals surface area contributed by atoms with E-state index in [0.717, 1.165) is 22.2 Å². The van der Waals surface area contributed by atoms with Crippen LogP contribution < -0.4 is 0 Å². The van der Waals surface area contributed by atoms with Crippen molar-refractivity contribution in [3.05, 3.63) is 60.7 Å². The molecule has 0 amide bonds. The predicted octanol–water partition coefficient (Wildman–Crippen LogP) is 2.19. The molecule has 4 heterocycles. The highest BCUT2D eigenvalue weighted by Gasteiger charge is 2.12. The molecular weight excluding hydrogens is 316 g/mol. The minimum atomic E-state index is -0.0526. The Balaban J connectivity index is 1.67. The van der Waals surface area contributed by atoms with Gasteiger partial charge in [-0.2, -0.15) is 5.10 Å². The standard InChI is InChI=1S/C18H16N6O/c1-23-11-19-10-17(23)13-5-12-6-14(20-9-16(12)21-8-13)7-18(25)15-3-4-24(2)22-15/h3-6,8-11H,7H2,1-2H3. The third-order valence-electron chi connectivity index (χ3n) is 4.08. The monoisotopic (exact) mass is 332 g/mol. The molecule has 7 heteroatoms. The number of ketones is 1. The van der Waals surface area contributed by atoms with Gasteiger partial charge in [0.1, 0.15) is 5.69 Å². The van der Waals surface area contributed by atoms with Crippen LogP contribution in [0.5, 0.6) is 0 Å². The van der Waals surface area contributed by atoms with Crippen LogP contribution in [0.4, 0.5) is 0 Å². The Morgan fingerprint density at radius 2 is 2.00 bits per heavy atom. The minimum Gasteiger partial charge on any atom is -0.334 e. The summed E-state index contributed by atoms with van der Waals surface area (Å²) in [7, 11) is 3.73. The topological polar surface area (TPSA) is 78.5 Å². The van der Waals surface area contributed by atoms with Crippen molar-refractivity contribution in [3.8, 4) is 11.3 Å². The van der Waals surface area contributed by atoms with Crippen molar-refractivity contribution in [2.45, 2.75) is 6.42 Å². The van der Waals surface area contributed by atoms with E-state index in [1.54, 1.807) is 48.9 Å². The Hall–Kier alpha value is -3.35. The van der Waals surface area contributed by atoms with Crippen LogP contribution in [0.3, 0.4) is 0 Å². The van der Waals surface area contributed by atoms with Gasteiger partial charge in [-0.3, -0.25) is 19.4 Å². The number of carbonyl (C=O) groups excluding carboxylic acids is 1. The summed E-state index contributed by atoms with van der Waals surface area (Å²) in [4.78, 5) is 25.3. The fourth-order valence-electron chi connectivity index (χ4n) is 2.77. The van der Waals surface area contributed by atoms with Crippen LogP contribution in [-0.2, 0) is 20.5 Å². The number of nitrogens with zero attached hydrogens (tertiary/aromatic N) is 6. The summed E-state index contributed by atoms with van der Waals surface area (Å²) in [5.41, 5.74) is 3.90. The third-order valence-corrected chi connectivity index (χ3v) is 4.08. The number of pyridine rings is 2. The zero-order valence-electron chi connectivity index (χ0n) is 13.9. The van der Waals surface area contributed by atoms with Crippen LogP contribution in [0.15, 0.2) is 49.3 Å². The largest absolute Gasteiger partial charge is 0.334 e. The highest BCUT2D eigenvalue weighted by molar-refractivity contribution is 5.96. The molecule has 0 aliphatic carbocycles. The van der Waals surface area contributed by atoms with Crippen molar-refractivity contribution in [2.24, 2.45) is 14.1 Å². The van der Waals surface area contributed by atoms with Gasteiger partial charge in [-0.1, -0.05) is 0 Å². The molecular formula is C18H16N6O. The zero-order chi connectivity index (χ0) is 17.4. The fourth-order valence-corrected chi connectivity index (χ4v) is 2.77. The van der Waals surface area contributed by atoms with Gasteiger partial charge in [0.25, 0.3) is 0 Å².